The zero-order valence-electron chi connectivity index (χ0n) is 11.8. The number of hydrogen-bond donors (Lipinski definition) is 1. The summed E-state index contributed by atoms with van der Waals surface area (Å²) >= 11 is 0. The molecule has 0 aliphatic carbocycles. The molecular weight excluding hydrogens is 271 g/mol. The van der Waals surface area contributed by atoms with Crippen molar-refractivity contribution >= 4 is 5.71 Å². The summed E-state index contributed by atoms with van der Waals surface area (Å²) in [6.45, 7) is 2.06. The van der Waals surface area contributed by atoms with Crippen LogP contribution in [0.1, 0.15) is 24.5 Å². The number of ether oxygens (including phenoxy) is 1. The van der Waals surface area contributed by atoms with Crippen molar-refractivity contribution in [3.05, 3.63) is 59.7 Å². The second-order valence-electron chi connectivity index (χ2n) is 4.78. The Labute approximate surface area is 122 Å². The molecule has 0 atom stereocenters. The first-order valence-electron chi connectivity index (χ1n) is 6.66. The lowest BCUT2D eigenvalue weighted by molar-refractivity contribution is 0.305. The molecule has 0 bridgehead atoms. The van der Waals surface area contributed by atoms with E-state index < -0.39 is 0 Å². The molecule has 1 N–H and O–H groups in total. The topological polar surface area (TPSA) is 54.7 Å². The normalized spacial score (nSPS) is 11.4. The number of benzene rings is 1. The van der Waals surface area contributed by atoms with Crippen LogP contribution in [0, 0.1) is 5.82 Å². The van der Waals surface area contributed by atoms with E-state index in [1.165, 1.54) is 6.07 Å². The van der Waals surface area contributed by atoms with Gasteiger partial charge in [0.25, 0.3) is 0 Å². The third-order valence-corrected chi connectivity index (χ3v) is 3.04. The molecule has 4 nitrogen and oxygen atoms in total. The molecule has 21 heavy (non-hydrogen) atoms. The molecule has 2 rings (SSSR count). The Morgan fingerprint density at radius 3 is 2.67 bits per heavy atom. The standard InChI is InChI=1S/C16H17FN2O2/c1-12(19-20)2-3-13-4-6-16(7-5-13)21-11-14-8-15(17)10-18-9-14/h4-10,20H,2-3,11H2,1H3/b19-12-. The van der Waals surface area contributed by atoms with E-state index in [0.717, 1.165) is 23.9 Å². The summed E-state index contributed by atoms with van der Waals surface area (Å²) in [5, 5.41) is 11.7. The monoisotopic (exact) mass is 288 g/mol. The minimum Gasteiger partial charge on any atom is -0.489 e. The van der Waals surface area contributed by atoms with Gasteiger partial charge in [-0.25, -0.2) is 4.39 Å². The van der Waals surface area contributed by atoms with Crippen molar-refractivity contribution in [3.63, 3.8) is 0 Å². The average Bonchev–Trinajstić information content (AvgIpc) is 2.51. The Hall–Kier alpha value is -2.43. The van der Waals surface area contributed by atoms with E-state index in [0.29, 0.717) is 17.7 Å². The molecule has 0 radical (unpaired) electrons. The van der Waals surface area contributed by atoms with Crippen LogP contribution in [-0.4, -0.2) is 15.9 Å². The van der Waals surface area contributed by atoms with Crippen LogP contribution >= 0.6 is 0 Å². The maximum Gasteiger partial charge on any atom is 0.141 e. The Kier molecular flexibility index (Phi) is 5.26. The zero-order chi connectivity index (χ0) is 15.1. The van der Waals surface area contributed by atoms with Gasteiger partial charge in [0.15, 0.2) is 0 Å². The SMILES string of the molecule is C/C(CCc1ccc(OCc2cncc(F)c2)cc1)=N/O. The van der Waals surface area contributed by atoms with Crippen molar-refractivity contribution in [2.24, 2.45) is 5.16 Å². The van der Waals surface area contributed by atoms with Crippen LogP contribution in [0.2, 0.25) is 0 Å². The van der Waals surface area contributed by atoms with Gasteiger partial charge in [-0.3, -0.25) is 4.98 Å². The van der Waals surface area contributed by atoms with Gasteiger partial charge >= 0.3 is 0 Å². The highest BCUT2D eigenvalue weighted by Crippen LogP contribution is 2.15. The van der Waals surface area contributed by atoms with Crippen LogP contribution < -0.4 is 4.74 Å². The number of aryl methyl sites for hydroxylation is 1. The van der Waals surface area contributed by atoms with Gasteiger partial charge in [-0.15, -0.1) is 0 Å². The maximum atomic E-state index is 13.0. The smallest absolute Gasteiger partial charge is 0.141 e. The van der Waals surface area contributed by atoms with E-state index in [9.17, 15) is 4.39 Å². The largest absolute Gasteiger partial charge is 0.489 e. The first-order valence-corrected chi connectivity index (χ1v) is 6.66. The summed E-state index contributed by atoms with van der Waals surface area (Å²) in [5.41, 5.74) is 2.53. The molecule has 0 saturated carbocycles. The fourth-order valence-corrected chi connectivity index (χ4v) is 1.83. The van der Waals surface area contributed by atoms with Crippen LogP contribution in [0.4, 0.5) is 4.39 Å². The molecule has 0 aliphatic rings. The second kappa shape index (κ2) is 7.38. The number of rotatable bonds is 6. The molecule has 0 unspecified atom stereocenters. The third-order valence-electron chi connectivity index (χ3n) is 3.04. The molecule has 2 aromatic rings. The molecule has 1 aromatic carbocycles. The van der Waals surface area contributed by atoms with Crippen LogP contribution in [-0.2, 0) is 13.0 Å². The Morgan fingerprint density at radius 1 is 1.24 bits per heavy atom. The fraction of sp³-hybridized carbons (Fsp3) is 0.250. The van der Waals surface area contributed by atoms with Crippen molar-refractivity contribution in [2.45, 2.75) is 26.4 Å². The molecule has 1 heterocycles. The Morgan fingerprint density at radius 2 is 2.00 bits per heavy atom. The minimum atomic E-state index is -0.368. The lowest BCUT2D eigenvalue weighted by Gasteiger charge is -2.07. The van der Waals surface area contributed by atoms with Gasteiger partial charge in [-0.05, 0) is 43.5 Å². The average molecular weight is 288 g/mol. The molecule has 0 spiro atoms. The first-order chi connectivity index (χ1) is 10.2. The fourth-order valence-electron chi connectivity index (χ4n) is 1.83. The number of pyridine rings is 1. The van der Waals surface area contributed by atoms with E-state index in [2.05, 4.69) is 10.1 Å². The van der Waals surface area contributed by atoms with Gasteiger partial charge in [0.2, 0.25) is 0 Å². The van der Waals surface area contributed by atoms with E-state index in [1.807, 2.05) is 24.3 Å². The third kappa shape index (κ3) is 4.87. The van der Waals surface area contributed by atoms with E-state index in [1.54, 1.807) is 13.1 Å². The molecule has 0 saturated heterocycles. The predicted octanol–water partition coefficient (Wildman–Crippen LogP) is 3.58. The molecule has 1 aromatic heterocycles. The molecule has 5 heteroatoms. The van der Waals surface area contributed by atoms with Gasteiger partial charge in [0.1, 0.15) is 18.2 Å². The Balaban J connectivity index is 1.87. The first kappa shape index (κ1) is 15.0. The molecule has 0 amide bonds. The molecule has 0 fully saturated rings. The van der Waals surface area contributed by atoms with Crippen LogP contribution in [0.3, 0.4) is 0 Å². The number of hydrogen-bond acceptors (Lipinski definition) is 4. The highest BCUT2D eigenvalue weighted by atomic mass is 19.1. The minimum absolute atomic E-state index is 0.278. The van der Waals surface area contributed by atoms with Gasteiger partial charge < -0.3 is 9.94 Å². The summed E-state index contributed by atoms with van der Waals surface area (Å²) < 4.78 is 18.6. The second-order valence-corrected chi connectivity index (χ2v) is 4.78. The van der Waals surface area contributed by atoms with E-state index in [4.69, 9.17) is 9.94 Å². The summed E-state index contributed by atoms with van der Waals surface area (Å²) in [4.78, 5) is 3.77. The van der Waals surface area contributed by atoms with Crippen LogP contribution in [0.5, 0.6) is 5.75 Å². The van der Waals surface area contributed by atoms with Crippen molar-refractivity contribution in [1.29, 1.82) is 0 Å². The van der Waals surface area contributed by atoms with Crippen molar-refractivity contribution in [3.8, 4) is 5.75 Å². The lowest BCUT2D eigenvalue weighted by Crippen LogP contribution is -1.98. The molecular formula is C16H17FN2O2. The number of halogens is 1. The zero-order valence-corrected chi connectivity index (χ0v) is 11.8. The number of aromatic nitrogens is 1. The molecule has 110 valence electrons. The highest BCUT2D eigenvalue weighted by Gasteiger charge is 2.00. The van der Waals surface area contributed by atoms with Gasteiger partial charge in [0.05, 0.1) is 11.9 Å². The van der Waals surface area contributed by atoms with Gasteiger partial charge in [-0.1, -0.05) is 17.3 Å². The van der Waals surface area contributed by atoms with E-state index in [-0.39, 0.29) is 12.4 Å². The lowest BCUT2D eigenvalue weighted by atomic mass is 10.1. The van der Waals surface area contributed by atoms with Crippen molar-refractivity contribution in [1.82, 2.24) is 4.98 Å². The van der Waals surface area contributed by atoms with E-state index >= 15 is 0 Å². The van der Waals surface area contributed by atoms with Gasteiger partial charge in [-0.2, -0.15) is 0 Å². The van der Waals surface area contributed by atoms with Gasteiger partial charge in [0, 0.05) is 11.8 Å². The number of nitrogens with zero attached hydrogens (tertiary/aromatic N) is 2. The van der Waals surface area contributed by atoms with Crippen LogP contribution in [0.25, 0.3) is 0 Å². The summed E-state index contributed by atoms with van der Waals surface area (Å²) in [5.74, 6) is 0.350. The predicted molar refractivity (Wildman–Crippen MR) is 78.2 cm³/mol. The quantitative estimate of drug-likeness (QED) is 0.502. The summed E-state index contributed by atoms with van der Waals surface area (Å²) in [6, 6.07) is 9.06. The summed E-state index contributed by atoms with van der Waals surface area (Å²) in [7, 11) is 0. The van der Waals surface area contributed by atoms with Crippen molar-refractivity contribution in [2.75, 3.05) is 0 Å². The summed E-state index contributed by atoms with van der Waals surface area (Å²) in [6.07, 6.45) is 4.26. The van der Waals surface area contributed by atoms with Crippen molar-refractivity contribution < 1.29 is 14.3 Å². The highest BCUT2D eigenvalue weighted by molar-refractivity contribution is 5.81. The Bertz CT molecular complexity index is 612. The number of oxime groups is 1. The maximum absolute atomic E-state index is 13.0. The van der Waals surface area contributed by atoms with Crippen LogP contribution in [0.15, 0.2) is 47.9 Å². The molecule has 0 aliphatic heterocycles.